The molecular weight excluding hydrogens is 306 g/mol. The number of hydrogen-bond acceptors (Lipinski definition) is 6. The van der Waals surface area contributed by atoms with Crippen molar-refractivity contribution >= 4 is 0 Å². The van der Waals surface area contributed by atoms with Gasteiger partial charge in [-0.3, -0.25) is 0 Å². The normalized spacial score (nSPS) is 20.5. The highest BCUT2D eigenvalue weighted by Gasteiger charge is 2.20. The zero-order chi connectivity index (χ0) is 16.8. The number of rotatable bonds is 6. The van der Waals surface area contributed by atoms with Crippen LogP contribution in [0.5, 0.6) is 5.75 Å². The Morgan fingerprint density at radius 2 is 1.92 bits per heavy atom. The fourth-order valence-electron chi connectivity index (χ4n) is 2.89. The van der Waals surface area contributed by atoms with E-state index in [4.69, 9.17) is 19.2 Å². The van der Waals surface area contributed by atoms with E-state index in [0.29, 0.717) is 35.8 Å². The van der Waals surface area contributed by atoms with Gasteiger partial charge in [0.15, 0.2) is 6.61 Å². The molecule has 0 bridgehead atoms. The maximum atomic E-state index is 8.76. The minimum Gasteiger partial charge on any atom is -0.484 e. The molecule has 0 radical (unpaired) electrons. The quantitative estimate of drug-likeness (QED) is 0.806. The molecule has 1 aliphatic rings. The summed E-state index contributed by atoms with van der Waals surface area (Å²) in [4.78, 5) is 0. The van der Waals surface area contributed by atoms with Crippen LogP contribution >= 0.6 is 0 Å². The van der Waals surface area contributed by atoms with Gasteiger partial charge in [-0.05, 0) is 43.0 Å². The summed E-state index contributed by atoms with van der Waals surface area (Å²) in [6.45, 7) is 2.81. The van der Waals surface area contributed by atoms with E-state index in [1.54, 1.807) is 24.3 Å². The Bertz CT molecular complexity index is 690. The summed E-state index contributed by atoms with van der Waals surface area (Å²) in [5.74, 6) is 2.27. The summed E-state index contributed by atoms with van der Waals surface area (Å²) in [7, 11) is 0. The van der Waals surface area contributed by atoms with Gasteiger partial charge in [0.05, 0.1) is 17.7 Å². The molecule has 6 nitrogen and oxygen atoms in total. The van der Waals surface area contributed by atoms with Crippen molar-refractivity contribution in [2.75, 3.05) is 0 Å². The van der Waals surface area contributed by atoms with Crippen LogP contribution in [0.3, 0.4) is 0 Å². The lowest BCUT2D eigenvalue weighted by atomic mass is 9.89. The van der Waals surface area contributed by atoms with Crippen molar-refractivity contribution in [2.45, 2.75) is 51.9 Å². The molecule has 1 aromatic heterocycles. The average Bonchev–Trinajstić information content (AvgIpc) is 3.07. The lowest BCUT2D eigenvalue weighted by Gasteiger charge is -2.26. The van der Waals surface area contributed by atoms with Crippen molar-refractivity contribution in [3.05, 3.63) is 41.6 Å². The molecule has 2 atom stereocenters. The van der Waals surface area contributed by atoms with Gasteiger partial charge < -0.3 is 13.9 Å². The van der Waals surface area contributed by atoms with Gasteiger partial charge in [0, 0.05) is 0 Å². The van der Waals surface area contributed by atoms with E-state index >= 15 is 0 Å². The van der Waals surface area contributed by atoms with Crippen LogP contribution in [0.1, 0.15) is 50.0 Å². The van der Waals surface area contributed by atoms with Crippen LogP contribution in [0.25, 0.3) is 0 Å². The molecule has 0 N–H and O–H groups in total. The van der Waals surface area contributed by atoms with E-state index in [9.17, 15) is 0 Å². The van der Waals surface area contributed by atoms with Gasteiger partial charge in [-0.25, -0.2) is 0 Å². The molecule has 0 saturated heterocycles. The van der Waals surface area contributed by atoms with Crippen LogP contribution in [-0.4, -0.2) is 16.3 Å². The number of hydrogen-bond donors (Lipinski definition) is 0. The van der Waals surface area contributed by atoms with Crippen molar-refractivity contribution < 1.29 is 13.9 Å². The molecule has 0 unspecified atom stereocenters. The third-order valence-electron chi connectivity index (χ3n) is 4.19. The number of nitrogens with zero attached hydrogens (tertiary/aromatic N) is 3. The summed E-state index contributed by atoms with van der Waals surface area (Å²) in [5, 5.41) is 16.7. The number of ether oxygens (including phenoxy) is 2. The smallest absolute Gasteiger partial charge is 0.253 e. The van der Waals surface area contributed by atoms with Gasteiger partial charge in [0.1, 0.15) is 12.4 Å². The van der Waals surface area contributed by atoms with E-state index < -0.39 is 0 Å². The zero-order valence-corrected chi connectivity index (χ0v) is 13.8. The average molecular weight is 327 g/mol. The van der Waals surface area contributed by atoms with Crippen molar-refractivity contribution in [1.29, 1.82) is 5.26 Å². The molecule has 1 saturated carbocycles. The summed E-state index contributed by atoms with van der Waals surface area (Å²) in [6, 6.07) is 8.95. The largest absolute Gasteiger partial charge is 0.484 e. The van der Waals surface area contributed by atoms with Gasteiger partial charge in [-0.2, -0.15) is 5.26 Å². The molecule has 0 spiro atoms. The van der Waals surface area contributed by atoms with Crippen LogP contribution in [0.2, 0.25) is 0 Å². The van der Waals surface area contributed by atoms with E-state index in [-0.39, 0.29) is 6.61 Å². The van der Waals surface area contributed by atoms with Crippen LogP contribution in [-0.2, 0) is 18.0 Å². The minimum atomic E-state index is 0.194. The van der Waals surface area contributed by atoms with E-state index in [1.807, 2.05) is 0 Å². The molecule has 1 heterocycles. The highest BCUT2D eigenvalue weighted by molar-refractivity contribution is 5.34. The van der Waals surface area contributed by atoms with Crippen molar-refractivity contribution in [1.82, 2.24) is 10.2 Å². The van der Waals surface area contributed by atoms with Crippen molar-refractivity contribution in [3.63, 3.8) is 0 Å². The summed E-state index contributed by atoms with van der Waals surface area (Å²) in [6.07, 6.45) is 5.01. The Labute approximate surface area is 141 Å². The summed E-state index contributed by atoms with van der Waals surface area (Å²) >= 11 is 0. The first-order valence-corrected chi connectivity index (χ1v) is 8.29. The minimum absolute atomic E-state index is 0.194. The highest BCUT2D eigenvalue weighted by atomic mass is 16.5. The van der Waals surface area contributed by atoms with Crippen LogP contribution in [0.4, 0.5) is 0 Å². The van der Waals surface area contributed by atoms with Gasteiger partial charge >= 0.3 is 0 Å². The molecule has 24 heavy (non-hydrogen) atoms. The first-order chi connectivity index (χ1) is 11.7. The lowest BCUT2D eigenvalue weighted by molar-refractivity contribution is -0.00519. The van der Waals surface area contributed by atoms with Gasteiger partial charge in [0.2, 0.25) is 5.89 Å². The van der Waals surface area contributed by atoms with E-state index in [1.165, 1.54) is 12.8 Å². The molecule has 0 aliphatic heterocycles. The van der Waals surface area contributed by atoms with Crippen molar-refractivity contribution in [3.8, 4) is 11.8 Å². The third kappa shape index (κ3) is 4.56. The third-order valence-corrected chi connectivity index (χ3v) is 4.19. The Kier molecular flexibility index (Phi) is 5.44. The summed E-state index contributed by atoms with van der Waals surface area (Å²) in [5.41, 5.74) is 0.594. The summed E-state index contributed by atoms with van der Waals surface area (Å²) < 4.78 is 17.0. The molecular formula is C18H21N3O3. The fourth-order valence-corrected chi connectivity index (χ4v) is 2.89. The molecule has 0 amide bonds. The first kappa shape index (κ1) is 16.5. The first-order valence-electron chi connectivity index (χ1n) is 8.29. The van der Waals surface area contributed by atoms with Gasteiger partial charge in [0.25, 0.3) is 5.89 Å². The second-order valence-electron chi connectivity index (χ2n) is 6.22. The maximum absolute atomic E-state index is 8.76. The monoisotopic (exact) mass is 327 g/mol. The standard InChI is InChI=1S/C18H21N3O3/c1-13-3-2-4-16(9-13)23-12-18-21-20-17(24-18)11-22-15-7-5-14(10-19)6-8-15/h5-8,13,16H,2-4,9,11-12H2,1H3/t13-,16+/m0/s1. The molecule has 126 valence electrons. The molecule has 2 aromatic rings. The van der Waals surface area contributed by atoms with E-state index in [2.05, 4.69) is 23.2 Å². The Hall–Kier alpha value is -2.39. The molecule has 1 aromatic carbocycles. The topological polar surface area (TPSA) is 81.2 Å². The van der Waals surface area contributed by atoms with Crippen LogP contribution in [0, 0.1) is 17.2 Å². The highest BCUT2D eigenvalue weighted by Crippen LogP contribution is 2.26. The van der Waals surface area contributed by atoms with Gasteiger partial charge in [-0.15, -0.1) is 10.2 Å². The Balaban J connectivity index is 1.45. The predicted octanol–water partition coefficient (Wildman–Crippen LogP) is 3.62. The zero-order valence-electron chi connectivity index (χ0n) is 13.8. The maximum Gasteiger partial charge on any atom is 0.253 e. The number of aromatic nitrogens is 2. The predicted molar refractivity (Wildman–Crippen MR) is 86.0 cm³/mol. The lowest BCUT2D eigenvalue weighted by Crippen LogP contribution is -2.21. The van der Waals surface area contributed by atoms with Crippen LogP contribution < -0.4 is 4.74 Å². The molecule has 1 fully saturated rings. The Morgan fingerprint density at radius 1 is 1.17 bits per heavy atom. The Morgan fingerprint density at radius 3 is 2.62 bits per heavy atom. The molecule has 3 rings (SSSR count). The van der Waals surface area contributed by atoms with Crippen LogP contribution in [0.15, 0.2) is 28.7 Å². The second-order valence-corrected chi connectivity index (χ2v) is 6.22. The van der Waals surface area contributed by atoms with Gasteiger partial charge in [-0.1, -0.05) is 19.8 Å². The molecule has 6 heteroatoms. The molecule has 1 aliphatic carbocycles. The second kappa shape index (κ2) is 7.93. The van der Waals surface area contributed by atoms with Crippen molar-refractivity contribution in [2.24, 2.45) is 5.92 Å². The van der Waals surface area contributed by atoms with E-state index in [0.717, 1.165) is 18.8 Å². The fraction of sp³-hybridized carbons (Fsp3) is 0.500. The SMILES string of the molecule is C[C@H]1CCC[C@@H](OCc2nnc(COc3ccc(C#N)cc3)o2)C1. The number of nitriles is 1. The number of benzene rings is 1.